The van der Waals surface area contributed by atoms with Gasteiger partial charge in [0, 0.05) is 6.42 Å². The van der Waals surface area contributed by atoms with Gasteiger partial charge in [0.15, 0.2) is 11.5 Å². The van der Waals surface area contributed by atoms with Crippen molar-refractivity contribution in [3.05, 3.63) is 39.8 Å². The number of fused-ring (bicyclic) bond motifs is 1. The maximum atomic E-state index is 13.0. The molecule has 5 N–H and O–H groups in total. The normalized spacial score (nSPS) is 16.6. The Balaban J connectivity index is 2.07. The Hall–Kier alpha value is -2.58. The van der Waals surface area contributed by atoms with E-state index in [4.69, 9.17) is 15.2 Å². The molecule has 8 heteroatoms. The summed E-state index contributed by atoms with van der Waals surface area (Å²) in [4.78, 5) is 26.4. The summed E-state index contributed by atoms with van der Waals surface area (Å²) in [6.45, 7) is 8.51. The van der Waals surface area contributed by atoms with Crippen LogP contribution >= 0.6 is 11.3 Å². The first kappa shape index (κ1) is 21.1. The van der Waals surface area contributed by atoms with Crippen LogP contribution < -0.4 is 25.8 Å². The van der Waals surface area contributed by atoms with Crippen molar-refractivity contribution in [1.29, 1.82) is 0 Å². The Kier molecular flexibility index (Phi) is 5.36. The van der Waals surface area contributed by atoms with Crippen molar-refractivity contribution in [2.75, 3.05) is 19.5 Å². The van der Waals surface area contributed by atoms with Crippen molar-refractivity contribution in [3.63, 3.8) is 0 Å². The Morgan fingerprint density at radius 2 is 1.86 bits per heavy atom. The lowest BCUT2D eigenvalue weighted by molar-refractivity contribution is -0.789. The van der Waals surface area contributed by atoms with E-state index in [0.29, 0.717) is 34.0 Å². The summed E-state index contributed by atoms with van der Waals surface area (Å²) in [5.41, 5.74) is 7.06. The third kappa shape index (κ3) is 3.82. The molecule has 3 rings (SSSR count). The van der Waals surface area contributed by atoms with Crippen LogP contribution in [0.15, 0.2) is 18.2 Å². The zero-order valence-corrected chi connectivity index (χ0v) is 18.5. The van der Waals surface area contributed by atoms with Gasteiger partial charge in [-0.15, -0.1) is 11.3 Å². The Morgan fingerprint density at radius 3 is 2.45 bits per heavy atom. The molecule has 1 aromatic heterocycles. The van der Waals surface area contributed by atoms with E-state index < -0.39 is 5.91 Å². The number of hydrogen-bond acceptors (Lipinski definition) is 5. The predicted octanol–water partition coefficient (Wildman–Crippen LogP) is 2.25. The van der Waals surface area contributed by atoms with Crippen LogP contribution in [-0.4, -0.2) is 31.6 Å². The smallest absolute Gasteiger partial charge is 0.260 e. The molecule has 156 valence electrons. The zero-order valence-electron chi connectivity index (χ0n) is 17.6. The number of para-hydroxylation sites is 1. The monoisotopic (exact) mass is 418 g/mol. The molecule has 0 aliphatic carbocycles. The Bertz CT molecular complexity index is 979. The van der Waals surface area contributed by atoms with Crippen molar-refractivity contribution >= 4 is 28.2 Å². The largest absolute Gasteiger partial charge is 0.493 e. The Labute approximate surface area is 174 Å². The van der Waals surface area contributed by atoms with Crippen LogP contribution in [0.1, 0.15) is 58.9 Å². The van der Waals surface area contributed by atoms with E-state index in [1.54, 1.807) is 18.2 Å². The lowest BCUT2D eigenvalue weighted by atomic mass is 9.81. The van der Waals surface area contributed by atoms with Gasteiger partial charge in [0.2, 0.25) is 0 Å². The first-order valence-corrected chi connectivity index (χ1v) is 10.2. The molecule has 1 aliphatic rings. The minimum absolute atomic E-state index is 0.0843. The molecule has 2 aromatic rings. The molecule has 1 aliphatic heterocycles. The Morgan fingerprint density at radius 1 is 1.17 bits per heavy atom. The number of nitrogens with one attached hydrogen (secondary N) is 1. The number of benzene rings is 1. The van der Waals surface area contributed by atoms with Crippen molar-refractivity contribution in [3.8, 4) is 11.5 Å². The number of hydrogen-bond donors (Lipinski definition) is 3. The van der Waals surface area contributed by atoms with E-state index >= 15 is 0 Å². The van der Waals surface area contributed by atoms with Crippen LogP contribution in [0, 0.1) is 0 Å². The van der Waals surface area contributed by atoms with E-state index in [0.717, 1.165) is 10.4 Å². The van der Waals surface area contributed by atoms with Gasteiger partial charge in [-0.3, -0.25) is 9.59 Å². The number of methoxy groups -OCH3 is 2. The van der Waals surface area contributed by atoms with Crippen LogP contribution in [0.25, 0.3) is 0 Å². The maximum Gasteiger partial charge on any atom is 0.260 e. The molecule has 29 heavy (non-hydrogen) atoms. The average Bonchev–Trinajstić information content (AvgIpc) is 2.97. The summed E-state index contributed by atoms with van der Waals surface area (Å²) in [7, 11) is 2.99. The third-order valence-corrected chi connectivity index (χ3v) is 6.58. The SMILES string of the molecule is COc1cccc(C(=O)Nc2sc3c(c2C(N)=O)CC(C)(C)[NH2+]C3(C)C)c1OC. The lowest BCUT2D eigenvalue weighted by Crippen LogP contribution is -3.03. The summed E-state index contributed by atoms with van der Waals surface area (Å²) in [5.74, 6) is -0.130. The van der Waals surface area contributed by atoms with Gasteiger partial charge in [0.25, 0.3) is 11.8 Å². The van der Waals surface area contributed by atoms with E-state index in [9.17, 15) is 9.59 Å². The van der Waals surface area contributed by atoms with E-state index in [-0.39, 0.29) is 17.0 Å². The molecule has 2 heterocycles. The number of quaternary nitrogens is 1. The fourth-order valence-electron chi connectivity index (χ4n) is 4.29. The van der Waals surface area contributed by atoms with Crippen molar-refractivity contribution in [2.45, 2.75) is 45.2 Å². The zero-order chi connectivity index (χ0) is 21.6. The average molecular weight is 419 g/mol. The first-order valence-electron chi connectivity index (χ1n) is 9.36. The van der Waals surface area contributed by atoms with E-state index in [2.05, 4.69) is 38.3 Å². The summed E-state index contributed by atoms with van der Waals surface area (Å²) < 4.78 is 10.6. The van der Waals surface area contributed by atoms with Gasteiger partial charge in [-0.1, -0.05) is 6.07 Å². The standard InChI is InChI=1S/C21H27N3O4S/c1-20(2)10-12-14(17(22)25)19(29-16(12)21(3,4)24-20)23-18(26)11-8-7-9-13(27-5)15(11)28-6/h7-9,24H,10H2,1-6H3,(H2,22,25)(H,23,26)/p+1. The number of anilines is 1. The minimum Gasteiger partial charge on any atom is -0.493 e. The lowest BCUT2D eigenvalue weighted by Gasteiger charge is -2.38. The summed E-state index contributed by atoms with van der Waals surface area (Å²) in [6.07, 6.45) is 0.693. The molecule has 7 nitrogen and oxygen atoms in total. The highest BCUT2D eigenvalue weighted by atomic mass is 32.1. The van der Waals surface area contributed by atoms with Gasteiger partial charge in [0.1, 0.15) is 10.5 Å². The van der Waals surface area contributed by atoms with Gasteiger partial charge in [-0.2, -0.15) is 0 Å². The number of carbonyl (C=O) groups is 2. The highest BCUT2D eigenvalue weighted by Crippen LogP contribution is 2.42. The van der Waals surface area contributed by atoms with Crippen molar-refractivity contribution in [1.82, 2.24) is 0 Å². The molecular formula is C21H28N3O4S+. The molecule has 0 unspecified atom stereocenters. The molecule has 0 spiro atoms. The second kappa shape index (κ2) is 7.35. The van der Waals surface area contributed by atoms with Crippen LogP contribution in [-0.2, 0) is 12.0 Å². The van der Waals surface area contributed by atoms with Crippen LogP contribution in [0.5, 0.6) is 11.5 Å². The number of ether oxygens (including phenoxy) is 2. The minimum atomic E-state index is -0.538. The fraction of sp³-hybridized carbons (Fsp3) is 0.429. The maximum absolute atomic E-state index is 13.0. The van der Waals surface area contributed by atoms with Crippen LogP contribution in [0.2, 0.25) is 0 Å². The van der Waals surface area contributed by atoms with Gasteiger partial charge in [0.05, 0.1) is 35.8 Å². The van der Waals surface area contributed by atoms with Gasteiger partial charge in [-0.25, -0.2) is 0 Å². The third-order valence-electron chi connectivity index (χ3n) is 5.10. The predicted molar refractivity (Wildman–Crippen MR) is 113 cm³/mol. The molecule has 0 fully saturated rings. The molecular weight excluding hydrogens is 390 g/mol. The number of nitrogens with two attached hydrogens (primary N) is 2. The first-order chi connectivity index (χ1) is 13.5. The number of rotatable bonds is 5. The number of primary amides is 1. The summed E-state index contributed by atoms with van der Waals surface area (Å²) >= 11 is 1.41. The molecule has 1 aromatic carbocycles. The van der Waals surface area contributed by atoms with Gasteiger partial charge < -0.3 is 25.8 Å². The second-order valence-electron chi connectivity index (χ2n) is 8.50. The summed E-state index contributed by atoms with van der Waals surface area (Å²) in [5, 5.41) is 5.65. The van der Waals surface area contributed by atoms with Crippen molar-refractivity contribution < 1.29 is 24.4 Å². The highest BCUT2D eigenvalue weighted by molar-refractivity contribution is 7.17. The topological polar surface area (TPSA) is 107 Å². The van der Waals surface area contributed by atoms with E-state index in [1.807, 2.05) is 0 Å². The molecule has 0 bridgehead atoms. The molecule has 2 amide bonds. The molecule has 0 saturated heterocycles. The molecule has 0 radical (unpaired) electrons. The van der Waals surface area contributed by atoms with Gasteiger partial charge >= 0.3 is 0 Å². The van der Waals surface area contributed by atoms with E-state index in [1.165, 1.54) is 25.6 Å². The van der Waals surface area contributed by atoms with Crippen LogP contribution in [0.3, 0.4) is 0 Å². The van der Waals surface area contributed by atoms with Gasteiger partial charge in [-0.05, 0) is 45.4 Å². The van der Waals surface area contributed by atoms with Crippen molar-refractivity contribution in [2.24, 2.45) is 5.73 Å². The molecule has 0 atom stereocenters. The fourth-order valence-corrected chi connectivity index (χ4v) is 5.58. The quantitative estimate of drug-likeness (QED) is 0.692. The van der Waals surface area contributed by atoms with Crippen LogP contribution in [0.4, 0.5) is 5.00 Å². The highest BCUT2D eigenvalue weighted by Gasteiger charge is 2.45. The molecule has 0 saturated carbocycles. The second-order valence-corrected chi connectivity index (χ2v) is 9.53. The summed E-state index contributed by atoms with van der Waals surface area (Å²) in [6, 6.07) is 5.08. The number of amides is 2. The number of carbonyl (C=O) groups excluding carboxylic acids is 2. The number of thiophene rings is 1.